The van der Waals surface area contributed by atoms with E-state index in [0.717, 1.165) is 40.1 Å². The number of para-hydroxylation sites is 1. The van der Waals surface area contributed by atoms with Gasteiger partial charge in [-0.3, -0.25) is 14.9 Å². The Morgan fingerprint density at radius 3 is 2.68 bits per heavy atom. The maximum Gasteiger partial charge on any atom is 0.257 e. The van der Waals surface area contributed by atoms with Gasteiger partial charge in [-0.2, -0.15) is 0 Å². The standard InChI is InChI=1S/C24H20N4O2S/c1-15(29)19-9-5-11-22(25-19)28-13-12-16-6-4-7-17(18(16)14-28)23(30)27-24-26-20-8-2-3-10-21(20)31-24/h2-11H,12-14H2,1H3,(H,26,27,30). The smallest absolute Gasteiger partial charge is 0.257 e. The summed E-state index contributed by atoms with van der Waals surface area (Å²) in [6, 6.07) is 19.1. The highest BCUT2D eigenvalue weighted by atomic mass is 32.1. The highest BCUT2D eigenvalue weighted by Crippen LogP contribution is 2.29. The Morgan fingerprint density at radius 1 is 1.00 bits per heavy atom. The Morgan fingerprint density at radius 2 is 1.84 bits per heavy atom. The summed E-state index contributed by atoms with van der Waals surface area (Å²) in [5, 5.41) is 3.56. The number of benzene rings is 2. The lowest BCUT2D eigenvalue weighted by Gasteiger charge is -2.31. The maximum absolute atomic E-state index is 13.1. The van der Waals surface area contributed by atoms with E-state index in [2.05, 4.69) is 26.3 Å². The van der Waals surface area contributed by atoms with Crippen LogP contribution in [0.3, 0.4) is 0 Å². The molecule has 2 aromatic carbocycles. The first-order valence-electron chi connectivity index (χ1n) is 10.1. The molecule has 0 aliphatic carbocycles. The molecule has 154 valence electrons. The molecular weight excluding hydrogens is 408 g/mol. The van der Waals surface area contributed by atoms with Gasteiger partial charge in [-0.25, -0.2) is 9.97 Å². The van der Waals surface area contributed by atoms with E-state index in [9.17, 15) is 9.59 Å². The third kappa shape index (κ3) is 3.80. The van der Waals surface area contributed by atoms with Gasteiger partial charge in [0.25, 0.3) is 5.91 Å². The highest BCUT2D eigenvalue weighted by molar-refractivity contribution is 7.22. The van der Waals surface area contributed by atoms with Crippen LogP contribution in [0.2, 0.25) is 0 Å². The Balaban J connectivity index is 1.43. The molecule has 0 bridgehead atoms. The summed E-state index contributed by atoms with van der Waals surface area (Å²) in [4.78, 5) is 36.0. The van der Waals surface area contributed by atoms with E-state index < -0.39 is 0 Å². The van der Waals surface area contributed by atoms with Crippen LogP contribution in [-0.2, 0) is 13.0 Å². The number of fused-ring (bicyclic) bond motifs is 2. The van der Waals surface area contributed by atoms with Crippen LogP contribution in [0.1, 0.15) is 38.9 Å². The van der Waals surface area contributed by atoms with E-state index in [0.29, 0.717) is 22.9 Å². The molecule has 0 atom stereocenters. The van der Waals surface area contributed by atoms with Crippen molar-refractivity contribution in [3.05, 3.63) is 83.0 Å². The molecule has 7 heteroatoms. The number of Topliss-reactive ketones (excluding diaryl/α,β-unsaturated/α-hetero) is 1. The Kier molecular flexibility index (Phi) is 4.95. The largest absolute Gasteiger partial charge is 0.352 e. The van der Waals surface area contributed by atoms with Gasteiger partial charge in [0, 0.05) is 25.6 Å². The molecule has 6 nitrogen and oxygen atoms in total. The molecule has 2 aromatic heterocycles. The number of aromatic nitrogens is 2. The molecule has 0 radical (unpaired) electrons. The minimum Gasteiger partial charge on any atom is -0.352 e. The van der Waals surface area contributed by atoms with E-state index in [1.807, 2.05) is 48.5 Å². The molecule has 1 N–H and O–H groups in total. The van der Waals surface area contributed by atoms with Crippen LogP contribution in [-0.4, -0.2) is 28.2 Å². The molecular formula is C24H20N4O2S. The van der Waals surface area contributed by atoms with E-state index in [-0.39, 0.29) is 11.7 Å². The maximum atomic E-state index is 13.1. The molecule has 0 saturated carbocycles. The number of carbonyl (C=O) groups is 2. The van der Waals surface area contributed by atoms with Crippen LogP contribution >= 0.6 is 11.3 Å². The molecule has 0 fully saturated rings. The third-order valence-electron chi connectivity index (χ3n) is 5.45. The van der Waals surface area contributed by atoms with Crippen LogP contribution in [0.5, 0.6) is 0 Å². The molecule has 5 rings (SSSR count). The zero-order valence-corrected chi connectivity index (χ0v) is 17.8. The van der Waals surface area contributed by atoms with Crippen molar-refractivity contribution in [2.75, 3.05) is 16.8 Å². The SMILES string of the molecule is CC(=O)c1cccc(N2CCc3cccc(C(=O)Nc4nc5ccccc5s4)c3C2)n1. The molecule has 0 unspecified atom stereocenters. The summed E-state index contributed by atoms with van der Waals surface area (Å²) in [6.45, 7) is 2.86. The second kappa shape index (κ2) is 7.92. The molecule has 1 aliphatic heterocycles. The molecule has 31 heavy (non-hydrogen) atoms. The van der Waals surface area contributed by atoms with Crippen LogP contribution in [0.15, 0.2) is 60.7 Å². The number of rotatable bonds is 4. The van der Waals surface area contributed by atoms with Gasteiger partial charge < -0.3 is 4.90 Å². The number of hydrogen-bond acceptors (Lipinski definition) is 6. The van der Waals surface area contributed by atoms with Crippen molar-refractivity contribution in [1.82, 2.24) is 9.97 Å². The average Bonchev–Trinajstić information content (AvgIpc) is 3.20. The van der Waals surface area contributed by atoms with Crippen molar-refractivity contribution in [2.45, 2.75) is 19.9 Å². The molecule has 0 saturated heterocycles. The summed E-state index contributed by atoms with van der Waals surface area (Å²) in [5.41, 5.74) is 4.12. The number of thiazole rings is 1. The lowest BCUT2D eigenvalue weighted by atomic mass is 9.94. The Hall–Kier alpha value is -3.58. The monoisotopic (exact) mass is 428 g/mol. The van der Waals surface area contributed by atoms with Gasteiger partial charge in [0.2, 0.25) is 0 Å². The van der Waals surface area contributed by atoms with Crippen molar-refractivity contribution in [1.29, 1.82) is 0 Å². The van der Waals surface area contributed by atoms with Gasteiger partial charge >= 0.3 is 0 Å². The number of ketones is 1. The van der Waals surface area contributed by atoms with Gasteiger partial charge in [-0.1, -0.05) is 41.7 Å². The summed E-state index contributed by atoms with van der Waals surface area (Å²) >= 11 is 1.46. The Bertz CT molecular complexity index is 1280. The second-order valence-corrected chi connectivity index (χ2v) is 8.52. The van der Waals surface area contributed by atoms with Crippen molar-refractivity contribution < 1.29 is 9.59 Å². The number of pyridine rings is 1. The number of nitrogens with one attached hydrogen (secondary N) is 1. The highest BCUT2D eigenvalue weighted by Gasteiger charge is 2.23. The number of anilines is 2. The number of carbonyl (C=O) groups excluding carboxylic acids is 2. The van der Waals surface area contributed by atoms with Crippen LogP contribution in [0.4, 0.5) is 10.9 Å². The van der Waals surface area contributed by atoms with Crippen LogP contribution in [0.25, 0.3) is 10.2 Å². The van der Waals surface area contributed by atoms with Gasteiger partial charge in [-0.15, -0.1) is 0 Å². The predicted molar refractivity (Wildman–Crippen MR) is 123 cm³/mol. The van der Waals surface area contributed by atoms with E-state index in [4.69, 9.17) is 0 Å². The normalized spacial score (nSPS) is 13.1. The first kappa shape index (κ1) is 19.4. The summed E-state index contributed by atoms with van der Waals surface area (Å²) in [7, 11) is 0. The van der Waals surface area contributed by atoms with Gasteiger partial charge in [-0.05, 0) is 47.9 Å². The van der Waals surface area contributed by atoms with Crippen molar-refractivity contribution in [3.63, 3.8) is 0 Å². The summed E-state index contributed by atoms with van der Waals surface area (Å²) < 4.78 is 1.04. The molecule has 4 aromatic rings. The van der Waals surface area contributed by atoms with Gasteiger partial charge in [0.05, 0.1) is 10.2 Å². The van der Waals surface area contributed by atoms with Crippen molar-refractivity contribution in [2.24, 2.45) is 0 Å². The summed E-state index contributed by atoms with van der Waals surface area (Å²) in [5.74, 6) is 0.526. The average molecular weight is 429 g/mol. The topological polar surface area (TPSA) is 75.2 Å². The van der Waals surface area contributed by atoms with Crippen LogP contribution in [0, 0.1) is 0 Å². The third-order valence-corrected chi connectivity index (χ3v) is 6.40. The quantitative estimate of drug-likeness (QED) is 0.477. The van der Waals surface area contributed by atoms with Gasteiger partial charge in [0.15, 0.2) is 10.9 Å². The van der Waals surface area contributed by atoms with Gasteiger partial charge in [0.1, 0.15) is 11.5 Å². The molecule has 1 amide bonds. The van der Waals surface area contributed by atoms with Crippen molar-refractivity contribution in [3.8, 4) is 0 Å². The van der Waals surface area contributed by atoms with Crippen LogP contribution < -0.4 is 10.2 Å². The lowest BCUT2D eigenvalue weighted by Crippen LogP contribution is -2.33. The number of hydrogen-bond donors (Lipinski definition) is 1. The Labute approximate surface area is 183 Å². The van der Waals surface area contributed by atoms with E-state index in [1.54, 1.807) is 6.07 Å². The molecule has 1 aliphatic rings. The fourth-order valence-electron chi connectivity index (χ4n) is 3.87. The molecule has 3 heterocycles. The zero-order valence-electron chi connectivity index (χ0n) is 17.0. The minimum absolute atomic E-state index is 0.0600. The summed E-state index contributed by atoms with van der Waals surface area (Å²) in [6.07, 6.45) is 0.809. The fraction of sp³-hybridized carbons (Fsp3) is 0.167. The molecule has 0 spiro atoms. The lowest BCUT2D eigenvalue weighted by molar-refractivity contribution is 0.100. The fourth-order valence-corrected chi connectivity index (χ4v) is 4.74. The van der Waals surface area contributed by atoms with Crippen molar-refractivity contribution >= 4 is 44.2 Å². The number of amides is 1. The first-order chi connectivity index (χ1) is 15.1. The zero-order chi connectivity index (χ0) is 21.4. The van der Waals surface area contributed by atoms with E-state index in [1.165, 1.54) is 18.3 Å². The van der Waals surface area contributed by atoms with E-state index >= 15 is 0 Å². The first-order valence-corrected chi connectivity index (χ1v) is 10.9. The minimum atomic E-state index is -0.164. The predicted octanol–water partition coefficient (Wildman–Crippen LogP) is 4.71. The second-order valence-electron chi connectivity index (χ2n) is 7.49. The number of nitrogens with zero attached hydrogens (tertiary/aromatic N) is 3.